The van der Waals surface area contributed by atoms with Crippen molar-refractivity contribution in [1.82, 2.24) is 4.90 Å². The number of hydrogen-bond acceptors (Lipinski definition) is 2. The SMILES string of the molecule is CCN(CC)C(=O)c1cccc(OC)c1-c1cccc(C)c1C. The van der Waals surface area contributed by atoms with Gasteiger partial charge in [0.2, 0.25) is 0 Å². The van der Waals surface area contributed by atoms with Crippen LogP contribution < -0.4 is 4.74 Å². The van der Waals surface area contributed by atoms with Gasteiger partial charge < -0.3 is 9.64 Å². The minimum absolute atomic E-state index is 0.0461. The summed E-state index contributed by atoms with van der Waals surface area (Å²) in [5.74, 6) is 0.779. The summed E-state index contributed by atoms with van der Waals surface area (Å²) in [6, 6.07) is 11.8. The molecule has 2 aromatic rings. The molecule has 1 amide bonds. The standard InChI is InChI=1S/C20H25NO2/c1-6-21(7-2)20(22)17-12-9-13-18(23-5)19(17)16-11-8-10-14(3)15(16)4/h8-13H,6-7H2,1-5H3. The van der Waals surface area contributed by atoms with Gasteiger partial charge >= 0.3 is 0 Å². The number of rotatable bonds is 5. The molecule has 0 radical (unpaired) electrons. The largest absolute Gasteiger partial charge is 0.496 e. The van der Waals surface area contributed by atoms with E-state index in [1.165, 1.54) is 11.1 Å². The van der Waals surface area contributed by atoms with Crippen LogP contribution in [0.25, 0.3) is 11.1 Å². The fourth-order valence-electron chi connectivity index (χ4n) is 2.86. The number of ether oxygens (including phenoxy) is 1. The zero-order valence-electron chi connectivity index (χ0n) is 14.6. The van der Waals surface area contributed by atoms with E-state index in [4.69, 9.17) is 4.74 Å². The summed E-state index contributed by atoms with van der Waals surface area (Å²) >= 11 is 0. The zero-order chi connectivity index (χ0) is 17.0. The van der Waals surface area contributed by atoms with Crippen molar-refractivity contribution in [3.8, 4) is 16.9 Å². The third-order valence-corrected chi connectivity index (χ3v) is 4.40. The first-order valence-electron chi connectivity index (χ1n) is 8.07. The molecule has 0 saturated carbocycles. The molecule has 0 aliphatic rings. The van der Waals surface area contributed by atoms with Crippen LogP contribution in [0.4, 0.5) is 0 Å². The molecule has 0 unspecified atom stereocenters. The highest BCUT2D eigenvalue weighted by molar-refractivity contribution is 6.02. The molecule has 0 spiro atoms. The van der Waals surface area contributed by atoms with Crippen molar-refractivity contribution in [3.05, 3.63) is 53.1 Å². The third-order valence-electron chi connectivity index (χ3n) is 4.40. The van der Waals surface area contributed by atoms with Gasteiger partial charge in [-0.1, -0.05) is 24.3 Å². The summed E-state index contributed by atoms with van der Waals surface area (Å²) in [4.78, 5) is 14.8. The van der Waals surface area contributed by atoms with E-state index in [-0.39, 0.29) is 5.91 Å². The van der Waals surface area contributed by atoms with Crippen LogP contribution in [-0.4, -0.2) is 31.0 Å². The topological polar surface area (TPSA) is 29.5 Å². The Bertz CT molecular complexity index is 703. The quantitative estimate of drug-likeness (QED) is 0.816. The molecular formula is C20H25NO2. The highest BCUT2D eigenvalue weighted by Gasteiger charge is 2.21. The Kier molecular flexibility index (Phi) is 5.43. The highest BCUT2D eigenvalue weighted by Crippen LogP contribution is 2.36. The molecule has 0 saturated heterocycles. The highest BCUT2D eigenvalue weighted by atomic mass is 16.5. The third kappa shape index (κ3) is 3.24. The number of carbonyl (C=O) groups excluding carboxylic acids is 1. The molecule has 3 heteroatoms. The van der Waals surface area contributed by atoms with E-state index in [0.29, 0.717) is 18.7 Å². The van der Waals surface area contributed by atoms with Crippen LogP contribution in [0.1, 0.15) is 35.3 Å². The van der Waals surface area contributed by atoms with Crippen molar-refractivity contribution < 1.29 is 9.53 Å². The van der Waals surface area contributed by atoms with Gasteiger partial charge in [0.15, 0.2) is 0 Å². The van der Waals surface area contributed by atoms with E-state index >= 15 is 0 Å². The molecule has 2 rings (SSSR count). The van der Waals surface area contributed by atoms with Crippen molar-refractivity contribution in [2.75, 3.05) is 20.2 Å². The summed E-state index contributed by atoms with van der Waals surface area (Å²) in [5.41, 5.74) is 5.01. The molecule has 0 aromatic heterocycles. The Hall–Kier alpha value is -2.29. The zero-order valence-corrected chi connectivity index (χ0v) is 14.6. The van der Waals surface area contributed by atoms with Gasteiger partial charge in [0, 0.05) is 18.7 Å². The van der Waals surface area contributed by atoms with Crippen LogP contribution in [0, 0.1) is 13.8 Å². The van der Waals surface area contributed by atoms with Crippen LogP contribution >= 0.6 is 0 Å². The van der Waals surface area contributed by atoms with E-state index in [1.807, 2.05) is 43.0 Å². The monoisotopic (exact) mass is 311 g/mol. The lowest BCUT2D eigenvalue weighted by Crippen LogP contribution is -2.30. The second-order valence-corrected chi connectivity index (χ2v) is 5.61. The molecule has 0 aliphatic heterocycles. The first-order chi connectivity index (χ1) is 11.0. The van der Waals surface area contributed by atoms with Gasteiger partial charge in [-0.3, -0.25) is 4.79 Å². The number of aryl methyl sites for hydroxylation is 1. The van der Waals surface area contributed by atoms with Crippen molar-refractivity contribution in [1.29, 1.82) is 0 Å². The van der Waals surface area contributed by atoms with Crippen molar-refractivity contribution >= 4 is 5.91 Å². The van der Waals surface area contributed by atoms with Crippen molar-refractivity contribution in [2.45, 2.75) is 27.7 Å². The van der Waals surface area contributed by atoms with E-state index in [9.17, 15) is 4.79 Å². The van der Waals surface area contributed by atoms with Gasteiger partial charge in [0.1, 0.15) is 5.75 Å². The van der Waals surface area contributed by atoms with E-state index < -0.39 is 0 Å². The number of methoxy groups -OCH3 is 1. The molecule has 0 aliphatic carbocycles. The van der Waals surface area contributed by atoms with Crippen LogP contribution in [0.15, 0.2) is 36.4 Å². The van der Waals surface area contributed by atoms with Crippen LogP contribution in [0.5, 0.6) is 5.75 Å². The lowest BCUT2D eigenvalue weighted by molar-refractivity contribution is 0.0773. The second kappa shape index (κ2) is 7.32. The number of hydrogen-bond donors (Lipinski definition) is 0. The lowest BCUT2D eigenvalue weighted by Gasteiger charge is -2.22. The maximum Gasteiger partial charge on any atom is 0.254 e. The first-order valence-corrected chi connectivity index (χ1v) is 8.07. The Morgan fingerprint density at radius 1 is 1.04 bits per heavy atom. The van der Waals surface area contributed by atoms with Crippen LogP contribution in [-0.2, 0) is 0 Å². The minimum Gasteiger partial charge on any atom is -0.496 e. The average Bonchev–Trinajstić information content (AvgIpc) is 2.57. The van der Waals surface area contributed by atoms with Gasteiger partial charge in [0.05, 0.1) is 12.7 Å². The Morgan fingerprint density at radius 3 is 2.30 bits per heavy atom. The van der Waals surface area contributed by atoms with Gasteiger partial charge in [-0.05, 0) is 56.5 Å². The molecule has 0 atom stereocenters. The molecule has 122 valence electrons. The molecule has 0 heterocycles. The lowest BCUT2D eigenvalue weighted by atomic mass is 9.92. The summed E-state index contributed by atoms with van der Waals surface area (Å²) < 4.78 is 5.56. The number of benzene rings is 2. The summed E-state index contributed by atoms with van der Waals surface area (Å²) in [7, 11) is 1.65. The first kappa shape index (κ1) is 17.1. The maximum absolute atomic E-state index is 12.9. The molecule has 2 aromatic carbocycles. The summed E-state index contributed by atoms with van der Waals surface area (Å²) in [6.45, 7) is 9.55. The van der Waals surface area contributed by atoms with Gasteiger partial charge in [-0.2, -0.15) is 0 Å². The van der Waals surface area contributed by atoms with E-state index in [1.54, 1.807) is 7.11 Å². The Labute approximate surface area is 138 Å². The normalized spacial score (nSPS) is 10.5. The predicted octanol–water partition coefficient (Wildman–Crippen LogP) is 4.46. The Balaban J connectivity index is 2.71. The van der Waals surface area contributed by atoms with Crippen LogP contribution in [0.3, 0.4) is 0 Å². The molecule has 0 N–H and O–H groups in total. The number of carbonyl (C=O) groups is 1. The second-order valence-electron chi connectivity index (χ2n) is 5.61. The van der Waals surface area contributed by atoms with Crippen LogP contribution in [0.2, 0.25) is 0 Å². The van der Waals surface area contributed by atoms with E-state index in [2.05, 4.69) is 26.0 Å². The molecule has 3 nitrogen and oxygen atoms in total. The van der Waals surface area contributed by atoms with Crippen molar-refractivity contribution in [2.24, 2.45) is 0 Å². The molecule has 0 fully saturated rings. The Morgan fingerprint density at radius 2 is 1.70 bits per heavy atom. The maximum atomic E-state index is 12.9. The van der Waals surface area contributed by atoms with Crippen molar-refractivity contribution in [3.63, 3.8) is 0 Å². The van der Waals surface area contributed by atoms with Gasteiger partial charge in [0.25, 0.3) is 5.91 Å². The van der Waals surface area contributed by atoms with E-state index in [0.717, 1.165) is 16.9 Å². The molecule has 23 heavy (non-hydrogen) atoms. The fourth-order valence-corrected chi connectivity index (χ4v) is 2.86. The molecular weight excluding hydrogens is 286 g/mol. The summed E-state index contributed by atoms with van der Waals surface area (Å²) in [5, 5.41) is 0. The predicted molar refractivity (Wildman–Crippen MR) is 95.2 cm³/mol. The number of amides is 1. The van der Waals surface area contributed by atoms with Gasteiger partial charge in [-0.15, -0.1) is 0 Å². The number of nitrogens with zero attached hydrogens (tertiary/aromatic N) is 1. The fraction of sp³-hybridized carbons (Fsp3) is 0.350. The summed E-state index contributed by atoms with van der Waals surface area (Å²) in [6.07, 6.45) is 0. The van der Waals surface area contributed by atoms with Gasteiger partial charge in [-0.25, -0.2) is 0 Å². The smallest absolute Gasteiger partial charge is 0.254 e. The minimum atomic E-state index is 0.0461. The average molecular weight is 311 g/mol. The molecule has 0 bridgehead atoms.